The highest BCUT2D eigenvalue weighted by molar-refractivity contribution is 7.47. The smallest absolute Gasteiger partial charge is 0.462 e. The van der Waals surface area contributed by atoms with Crippen LogP contribution in [0.25, 0.3) is 0 Å². The van der Waals surface area contributed by atoms with Gasteiger partial charge in [0.25, 0.3) is 0 Å². The molecule has 0 aliphatic rings. The lowest BCUT2D eigenvalue weighted by Crippen LogP contribution is -2.30. The third-order valence-electron chi connectivity index (χ3n) is 18.1. The first-order valence-electron chi connectivity index (χ1n) is 40.3. The number of carbonyl (C=O) groups excluding carboxylic acids is 4. The van der Waals surface area contributed by atoms with Gasteiger partial charge in [0.05, 0.1) is 26.4 Å². The average Bonchev–Trinajstić information content (AvgIpc) is 1.68. The molecule has 0 bridgehead atoms. The highest BCUT2D eigenvalue weighted by Gasteiger charge is 2.30. The van der Waals surface area contributed by atoms with E-state index < -0.39 is 97.5 Å². The number of ether oxygens (including phenoxy) is 4. The maximum Gasteiger partial charge on any atom is 0.472 e. The molecular weight excluding hydrogens is 1270 g/mol. The van der Waals surface area contributed by atoms with E-state index in [-0.39, 0.29) is 25.7 Å². The molecule has 17 nitrogen and oxygen atoms in total. The summed E-state index contributed by atoms with van der Waals surface area (Å²) in [5, 5.41) is 10.6. The Hall–Kier alpha value is -1.94. The van der Waals surface area contributed by atoms with E-state index in [0.717, 1.165) is 108 Å². The molecule has 0 rings (SSSR count). The molecule has 0 aromatic carbocycles. The van der Waals surface area contributed by atoms with E-state index in [1.54, 1.807) is 0 Å². The van der Waals surface area contributed by atoms with E-state index in [1.807, 2.05) is 0 Å². The van der Waals surface area contributed by atoms with Crippen LogP contribution in [0.3, 0.4) is 0 Å². The van der Waals surface area contributed by atoms with Crippen molar-refractivity contribution in [3.8, 4) is 0 Å². The van der Waals surface area contributed by atoms with Crippen LogP contribution in [0, 0.1) is 17.8 Å². The third kappa shape index (κ3) is 72.2. The fraction of sp³-hybridized carbons (Fsp3) is 0.949. The lowest BCUT2D eigenvalue weighted by Gasteiger charge is -2.21. The molecular formula is C78H152O17P2. The first-order valence-corrected chi connectivity index (χ1v) is 43.3. The van der Waals surface area contributed by atoms with E-state index in [0.29, 0.717) is 25.7 Å². The Morgan fingerprint density at radius 1 is 0.278 bits per heavy atom. The molecule has 0 aliphatic heterocycles. The van der Waals surface area contributed by atoms with E-state index in [4.69, 9.17) is 37.0 Å². The maximum absolute atomic E-state index is 13.1. The summed E-state index contributed by atoms with van der Waals surface area (Å²) in [6, 6.07) is 0. The zero-order valence-corrected chi connectivity index (χ0v) is 65.3. The highest BCUT2D eigenvalue weighted by Crippen LogP contribution is 2.45. The molecule has 0 fully saturated rings. The van der Waals surface area contributed by atoms with Gasteiger partial charge in [-0.05, 0) is 43.4 Å². The SMILES string of the molecule is CCCCCCCCCCCCCCC(=O)OC[C@H](COP(=O)(O)OC[C@H](O)COP(=O)(O)OC[C@@H](COC(=O)CCCCCCCCCCCCC(C)C)OC(=O)CCCCCCCCCCCCCCCCCCC(C)C)OC(=O)CCCCCCCCCCCCC(C)C. The summed E-state index contributed by atoms with van der Waals surface area (Å²) in [5.41, 5.74) is 0. The van der Waals surface area contributed by atoms with Crippen molar-refractivity contribution >= 4 is 39.5 Å². The van der Waals surface area contributed by atoms with Crippen molar-refractivity contribution in [2.24, 2.45) is 17.8 Å². The lowest BCUT2D eigenvalue weighted by atomic mass is 10.0. The van der Waals surface area contributed by atoms with Crippen LogP contribution in [-0.2, 0) is 65.4 Å². The van der Waals surface area contributed by atoms with Gasteiger partial charge < -0.3 is 33.8 Å². The van der Waals surface area contributed by atoms with E-state index in [1.165, 1.54) is 212 Å². The largest absolute Gasteiger partial charge is 0.472 e. The first-order chi connectivity index (χ1) is 46.7. The number of hydrogen-bond acceptors (Lipinski definition) is 15. The van der Waals surface area contributed by atoms with Gasteiger partial charge in [0.1, 0.15) is 19.3 Å². The van der Waals surface area contributed by atoms with Gasteiger partial charge in [-0.1, -0.05) is 350 Å². The van der Waals surface area contributed by atoms with Crippen molar-refractivity contribution in [1.29, 1.82) is 0 Å². The fourth-order valence-electron chi connectivity index (χ4n) is 12.0. The normalized spacial score (nSPS) is 14.0. The first kappa shape index (κ1) is 95.1. The van der Waals surface area contributed by atoms with Crippen LogP contribution in [0.5, 0.6) is 0 Å². The lowest BCUT2D eigenvalue weighted by molar-refractivity contribution is -0.161. The molecule has 0 spiro atoms. The Bertz CT molecular complexity index is 1890. The second-order valence-corrected chi connectivity index (χ2v) is 32.4. The van der Waals surface area contributed by atoms with Crippen LogP contribution in [-0.4, -0.2) is 96.7 Å². The number of aliphatic hydroxyl groups excluding tert-OH is 1. The molecule has 0 saturated carbocycles. The van der Waals surface area contributed by atoms with E-state index in [2.05, 4.69) is 48.5 Å². The molecule has 576 valence electrons. The van der Waals surface area contributed by atoms with Crippen LogP contribution in [0.2, 0.25) is 0 Å². The Morgan fingerprint density at radius 2 is 0.474 bits per heavy atom. The number of rotatable bonds is 76. The summed E-state index contributed by atoms with van der Waals surface area (Å²) in [6.07, 6.45) is 55.4. The van der Waals surface area contributed by atoms with Crippen LogP contribution >= 0.6 is 15.6 Å². The molecule has 0 radical (unpaired) electrons. The minimum Gasteiger partial charge on any atom is -0.462 e. The molecule has 0 aromatic rings. The molecule has 19 heteroatoms. The number of phosphoric ester groups is 2. The Balaban J connectivity index is 5.25. The van der Waals surface area contributed by atoms with Crippen molar-refractivity contribution in [2.45, 2.75) is 420 Å². The van der Waals surface area contributed by atoms with Crippen molar-refractivity contribution in [3.63, 3.8) is 0 Å². The molecule has 0 aromatic heterocycles. The number of hydrogen-bond donors (Lipinski definition) is 3. The van der Waals surface area contributed by atoms with Crippen LogP contribution < -0.4 is 0 Å². The van der Waals surface area contributed by atoms with Gasteiger partial charge in [0.15, 0.2) is 12.2 Å². The second-order valence-electron chi connectivity index (χ2n) is 29.5. The van der Waals surface area contributed by atoms with E-state index >= 15 is 0 Å². The maximum atomic E-state index is 13.1. The van der Waals surface area contributed by atoms with Crippen molar-refractivity contribution in [2.75, 3.05) is 39.6 Å². The van der Waals surface area contributed by atoms with Gasteiger partial charge >= 0.3 is 39.5 Å². The second kappa shape index (κ2) is 68.5. The van der Waals surface area contributed by atoms with Crippen molar-refractivity contribution in [1.82, 2.24) is 0 Å². The van der Waals surface area contributed by atoms with Gasteiger partial charge in [-0.2, -0.15) is 0 Å². The number of esters is 4. The van der Waals surface area contributed by atoms with Gasteiger partial charge in [0.2, 0.25) is 0 Å². The molecule has 97 heavy (non-hydrogen) atoms. The van der Waals surface area contributed by atoms with Gasteiger partial charge in [0, 0.05) is 25.7 Å². The quantitative estimate of drug-likeness (QED) is 0.0222. The number of carbonyl (C=O) groups is 4. The molecule has 5 atom stereocenters. The summed E-state index contributed by atoms with van der Waals surface area (Å²) >= 11 is 0. The molecule has 0 aliphatic carbocycles. The monoisotopic (exact) mass is 1420 g/mol. The zero-order valence-electron chi connectivity index (χ0n) is 63.5. The molecule has 2 unspecified atom stereocenters. The number of unbranched alkanes of at least 4 members (excludes halogenated alkanes) is 44. The average molecular weight is 1420 g/mol. The summed E-state index contributed by atoms with van der Waals surface area (Å²) in [6.45, 7) is 11.9. The summed E-state index contributed by atoms with van der Waals surface area (Å²) in [4.78, 5) is 72.9. The molecule has 3 N–H and O–H groups in total. The van der Waals surface area contributed by atoms with Crippen molar-refractivity contribution in [3.05, 3.63) is 0 Å². The van der Waals surface area contributed by atoms with Crippen molar-refractivity contribution < 1.29 is 80.2 Å². The van der Waals surface area contributed by atoms with Gasteiger partial charge in [-0.25, -0.2) is 9.13 Å². The minimum absolute atomic E-state index is 0.106. The Kier molecular flexibility index (Phi) is 67.1. The van der Waals surface area contributed by atoms with Gasteiger partial charge in [-0.15, -0.1) is 0 Å². The zero-order chi connectivity index (χ0) is 71.6. The van der Waals surface area contributed by atoms with Crippen LogP contribution in [0.4, 0.5) is 0 Å². The molecule has 0 saturated heterocycles. The Labute approximate surface area is 594 Å². The highest BCUT2D eigenvalue weighted by atomic mass is 31.2. The Morgan fingerprint density at radius 3 is 0.701 bits per heavy atom. The predicted octanol–water partition coefficient (Wildman–Crippen LogP) is 23.0. The van der Waals surface area contributed by atoms with Gasteiger partial charge in [-0.3, -0.25) is 37.3 Å². The fourth-order valence-corrected chi connectivity index (χ4v) is 13.5. The standard InChI is InChI=1S/C78H152O17P2/c1-8-9-10-11-12-13-14-22-31-38-45-52-59-75(80)88-65-74(95-78(83)62-55-48-41-34-27-25-30-37-44-51-58-71(6)7)68-93-97(86,87)91-64-72(79)63-90-96(84,85)92-67-73(66-89-76(81)60-53-46-39-32-26-24-29-36-43-50-57-70(4)5)94-77(82)61-54-47-40-33-23-20-18-16-15-17-19-21-28-35-42-49-56-69(2)3/h69-74,79H,8-68H2,1-7H3,(H,84,85)(H,86,87)/t72-,73-,74-/m1/s1. The topological polar surface area (TPSA) is 237 Å². The third-order valence-corrected chi connectivity index (χ3v) is 20.0. The predicted molar refractivity (Wildman–Crippen MR) is 395 cm³/mol. The summed E-state index contributed by atoms with van der Waals surface area (Å²) < 4.78 is 68.6. The van der Waals surface area contributed by atoms with Crippen LogP contribution in [0.1, 0.15) is 402 Å². The number of phosphoric acid groups is 2. The van der Waals surface area contributed by atoms with E-state index in [9.17, 15) is 43.2 Å². The summed E-state index contributed by atoms with van der Waals surface area (Å²) in [5.74, 6) is 0.206. The molecule has 0 amide bonds. The number of aliphatic hydroxyl groups is 1. The molecule has 0 heterocycles. The minimum atomic E-state index is -4.96. The van der Waals surface area contributed by atoms with Crippen LogP contribution in [0.15, 0.2) is 0 Å². The summed E-state index contributed by atoms with van der Waals surface area (Å²) in [7, 11) is -9.92.